The van der Waals surface area contributed by atoms with Crippen molar-refractivity contribution in [2.24, 2.45) is 0 Å². The molecule has 1 unspecified atom stereocenters. The van der Waals surface area contributed by atoms with Gasteiger partial charge in [0, 0.05) is 6.42 Å². The van der Waals surface area contributed by atoms with Gasteiger partial charge in [-0.1, -0.05) is 24.3 Å². The molecule has 2 N–H and O–H groups in total. The van der Waals surface area contributed by atoms with Crippen molar-refractivity contribution in [3.63, 3.8) is 0 Å². The summed E-state index contributed by atoms with van der Waals surface area (Å²) < 4.78 is 191. The van der Waals surface area contributed by atoms with E-state index in [-0.39, 0.29) is 0 Å². The molecule has 1 atom stereocenters. The average molecular weight is 580 g/mol. The molecule has 0 aliphatic rings. The maximum Gasteiger partial charge on any atom is 0.462 e. The van der Waals surface area contributed by atoms with Crippen molar-refractivity contribution >= 4 is 0 Å². The molecule has 2 aromatic carbocycles. The zero-order valence-corrected chi connectivity index (χ0v) is 18.1. The Balaban J connectivity index is 2.71. The summed E-state index contributed by atoms with van der Waals surface area (Å²) in [6.45, 7) is 0. The number of phenolic OH excluding ortho intramolecular Hbond substituents is 2. The fraction of sp³-hybridized carbons (Fsp3) is 0.429. The van der Waals surface area contributed by atoms with Crippen LogP contribution in [-0.4, -0.2) is 46.6 Å². The van der Waals surface area contributed by atoms with E-state index in [1.54, 1.807) is 0 Å². The predicted octanol–water partition coefficient (Wildman–Crippen LogP) is 7.76. The Morgan fingerprint density at radius 2 is 0.868 bits per heavy atom. The zero-order valence-electron chi connectivity index (χ0n) is 18.1. The number of benzene rings is 2. The monoisotopic (exact) mass is 580 g/mol. The molecule has 2 aromatic rings. The smallest absolute Gasteiger partial charge is 0.462 e. The van der Waals surface area contributed by atoms with Gasteiger partial charge in [-0.05, 0) is 41.8 Å². The Hall–Kier alpha value is -2.98. The summed E-state index contributed by atoms with van der Waals surface area (Å²) in [5.74, 6) is -14.8. The Kier molecular flexibility index (Phi) is 7.93. The molecule has 0 fully saturated rings. The third kappa shape index (κ3) is 5.56. The van der Waals surface area contributed by atoms with Crippen molar-refractivity contribution in [1.29, 1.82) is 0 Å². The van der Waals surface area contributed by atoms with E-state index in [1.807, 2.05) is 0 Å². The van der Waals surface area contributed by atoms with Crippen molar-refractivity contribution in [2.75, 3.05) is 0 Å². The molecule has 0 bridgehead atoms. The zero-order chi connectivity index (χ0) is 29.6. The molecule has 0 aromatic heterocycles. The van der Waals surface area contributed by atoms with E-state index in [9.17, 15) is 71.7 Å². The Labute approximate surface area is 203 Å². The summed E-state index contributed by atoms with van der Waals surface area (Å²) >= 11 is 0. The van der Waals surface area contributed by atoms with Crippen LogP contribution in [0.15, 0.2) is 48.5 Å². The second kappa shape index (κ2) is 9.64. The van der Waals surface area contributed by atoms with Crippen LogP contribution in [0.1, 0.15) is 24.0 Å². The maximum atomic E-state index is 14.8. The molecule has 0 heterocycles. The SMILES string of the molecule is Oc1ccc(C(CCC(F)(OC(F)(F)C(F)(F)C(F)(F)F)C(F)(F)F)(c2ccc(O)cc2)C(F)(F)F)cc1. The molecular formula is C21H14F14O3. The van der Waals surface area contributed by atoms with Crippen LogP contribution in [-0.2, 0) is 10.2 Å². The third-order valence-electron chi connectivity index (χ3n) is 5.46. The summed E-state index contributed by atoms with van der Waals surface area (Å²) in [6.07, 6.45) is -32.1. The number of hydrogen-bond donors (Lipinski definition) is 2. The highest BCUT2D eigenvalue weighted by Gasteiger charge is 2.78. The van der Waals surface area contributed by atoms with Gasteiger partial charge in [-0.25, -0.2) is 4.39 Å². The first-order valence-corrected chi connectivity index (χ1v) is 9.85. The van der Waals surface area contributed by atoms with Crippen molar-refractivity contribution in [3.05, 3.63) is 59.7 Å². The van der Waals surface area contributed by atoms with E-state index in [2.05, 4.69) is 4.74 Å². The minimum atomic E-state index is -7.38. The lowest BCUT2D eigenvalue weighted by molar-refractivity contribution is -0.484. The van der Waals surface area contributed by atoms with Crippen molar-refractivity contribution < 1.29 is 76.4 Å². The summed E-state index contributed by atoms with van der Waals surface area (Å²) in [6, 6.07) is 4.53. The molecule has 0 spiro atoms. The molecule has 0 aliphatic heterocycles. The lowest BCUT2D eigenvalue weighted by Crippen LogP contribution is -2.59. The molecule has 214 valence electrons. The number of ether oxygens (including phenoxy) is 1. The number of aromatic hydroxyl groups is 2. The van der Waals surface area contributed by atoms with Gasteiger partial charge in [-0.15, -0.1) is 0 Å². The highest BCUT2D eigenvalue weighted by molar-refractivity contribution is 5.45. The highest BCUT2D eigenvalue weighted by atomic mass is 19.4. The Bertz CT molecular complexity index is 1040. The average Bonchev–Trinajstić information content (AvgIpc) is 2.73. The second-order valence-electron chi connectivity index (χ2n) is 7.91. The van der Waals surface area contributed by atoms with Crippen molar-refractivity contribution in [2.45, 2.75) is 54.7 Å². The van der Waals surface area contributed by atoms with E-state index in [1.165, 1.54) is 0 Å². The lowest BCUT2D eigenvalue weighted by atomic mass is 9.70. The van der Waals surface area contributed by atoms with Crippen LogP contribution < -0.4 is 0 Å². The summed E-state index contributed by atoms with van der Waals surface area (Å²) in [5, 5.41) is 18.8. The standard InChI is InChI=1S/C21H14F14O3/c22-16(19(28,29)30,38-21(34,35)17(23,24)20(31,32)33)10-9-15(18(25,26)27,11-1-5-13(36)6-2-11)12-3-7-14(37)8-4-12/h1-8,36-37H,9-10H2. The van der Waals surface area contributed by atoms with Gasteiger partial charge in [-0.3, -0.25) is 4.74 Å². The van der Waals surface area contributed by atoms with Crippen LogP contribution in [0.3, 0.4) is 0 Å². The summed E-state index contributed by atoms with van der Waals surface area (Å²) in [4.78, 5) is 0. The molecule has 0 amide bonds. The lowest BCUT2D eigenvalue weighted by Gasteiger charge is -2.40. The molecule has 38 heavy (non-hydrogen) atoms. The van der Waals surface area contributed by atoms with Gasteiger partial charge in [0.1, 0.15) is 16.9 Å². The normalized spacial score (nSPS) is 15.8. The fourth-order valence-electron chi connectivity index (χ4n) is 3.45. The Morgan fingerprint density at radius 3 is 1.16 bits per heavy atom. The van der Waals surface area contributed by atoms with Gasteiger partial charge in [0.2, 0.25) is 0 Å². The Morgan fingerprint density at radius 1 is 0.500 bits per heavy atom. The molecule has 17 heteroatoms. The number of hydrogen-bond acceptors (Lipinski definition) is 3. The largest absolute Gasteiger partial charge is 0.508 e. The first kappa shape index (κ1) is 31.2. The van der Waals surface area contributed by atoms with Gasteiger partial charge in [0.15, 0.2) is 0 Å². The van der Waals surface area contributed by atoms with Gasteiger partial charge in [0.25, 0.3) is 0 Å². The van der Waals surface area contributed by atoms with Gasteiger partial charge < -0.3 is 10.2 Å². The molecule has 0 saturated heterocycles. The first-order chi connectivity index (χ1) is 16.9. The minimum absolute atomic E-state index is 0.510. The minimum Gasteiger partial charge on any atom is -0.508 e. The van der Waals surface area contributed by atoms with Crippen molar-refractivity contribution in [3.8, 4) is 11.5 Å². The summed E-state index contributed by atoms with van der Waals surface area (Å²) in [7, 11) is 0. The second-order valence-corrected chi connectivity index (χ2v) is 7.91. The topological polar surface area (TPSA) is 49.7 Å². The molecule has 2 rings (SSSR count). The molecular weight excluding hydrogens is 566 g/mol. The van der Waals surface area contributed by atoms with Gasteiger partial charge >= 0.3 is 36.4 Å². The van der Waals surface area contributed by atoms with Gasteiger partial charge in [0.05, 0.1) is 0 Å². The number of phenols is 2. The van der Waals surface area contributed by atoms with Crippen LogP contribution in [0.4, 0.5) is 61.5 Å². The van der Waals surface area contributed by atoms with E-state index >= 15 is 0 Å². The third-order valence-corrected chi connectivity index (χ3v) is 5.46. The number of rotatable bonds is 8. The van der Waals surface area contributed by atoms with E-state index in [4.69, 9.17) is 0 Å². The van der Waals surface area contributed by atoms with Crippen molar-refractivity contribution in [1.82, 2.24) is 0 Å². The van der Waals surface area contributed by atoms with Crippen LogP contribution in [0.25, 0.3) is 0 Å². The van der Waals surface area contributed by atoms with Crippen LogP contribution in [0.5, 0.6) is 11.5 Å². The van der Waals surface area contributed by atoms with E-state index in [0.29, 0.717) is 48.5 Å². The first-order valence-electron chi connectivity index (χ1n) is 9.85. The molecule has 0 saturated carbocycles. The number of halogens is 14. The maximum absolute atomic E-state index is 14.8. The quantitative estimate of drug-likeness (QED) is 0.314. The van der Waals surface area contributed by atoms with Crippen LogP contribution >= 0.6 is 0 Å². The number of alkyl halides is 14. The van der Waals surface area contributed by atoms with Crippen LogP contribution in [0, 0.1) is 0 Å². The summed E-state index contributed by atoms with van der Waals surface area (Å²) in [5.41, 5.74) is -5.82. The fourth-order valence-corrected chi connectivity index (χ4v) is 3.45. The predicted molar refractivity (Wildman–Crippen MR) is 99.2 cm³/mol. The molecule has 0 radical (unpaired) electrons. The molecule has 0 aliphatic carbocycles. The van der Waals surface area contributed by atoms with Gasteiger partial charge in [-0.2, -0.15) is 57.1 Å². The van der Waals surface area contributed by atoms with E-state index < -0.39 is 77.3 Å². The molecule has 3 nitrogen and oxygen atoms in total. The highest BCUT2D eigenvalue weighted by Crippen LogP contribution is 2.55. The van der Waals surface area contributed by atoms with Crippen LogP contribution in [0.2, 0.25) is 0 Å². The van der Waals surface area contributed by atoms with E-state index in [0.717, 1.165) is 0 Å².